The van der Waals surface area contributed by atoms with Crippen molar-refractivity contribution >= 4 is 15.9 Å². The Labute approximate surface area is 91.5 Å². The lowest BCUT2D eigenvalue weighted by Crippen LogP contribution is -1.81. The molecule has 3 heteroatoms. The largest absolute Gasteiger partial charge is 0.342 e. The number of halogens is 1. The maximum Gasteiger partial charge on any atom is 0.138 e. The molecule has 2 nitrogen and oxygen atoms in total. The fourth-order valence-electron chi connectivity index (χ4n) is 1.33. The number of aromatic nitrogens is 2. The van der Waals surface area contributed by atoms with Crippen molar-refractivity contribution < 1.29 is 0 Å². The van der Waals surface area contributed by atoms with Crippen LogP contribution in [0.3, 0.4) is 0 Å². The van der Waals surface area contributed by atoms with Gasteiger partial charge in [0.2, 0.25) is 0 Å². The topological polar surface area (TPSA) is 28.7 Å². The van der Waals surface area contributed by atoms with Crippen molar-refractivity contribution in [3.05, 3.63) is 40.1 Å². The number of hydrogen-bond donors (Lipinski definition) is 1. The lowest BCUT2D eigenvalue weighted by Gasteiger charge is -1.98. The summed E-state index contributed by atoms with van der Waals surface area (Å²) < 4.78 is 1.06. The number of aromatic amines is 1. The predicted octanol–water partition coefficient (Wildman–Crippen LogP) is 3.46. The van der Waals surface area contributed by atoms with Crippen molar-refractivity contribution in [3.8, 4) is 11.4 Å². The smallest absolute Gasteiger partial charge is 0.138 e. The van der Waals surface area contributed by atoms with Gasteiger partial charge in [0.25, 0.3) is 0 Å². The Bertz CT molecular complexity index is 441. The summed E-state index contributed by atoms with van der Waals surface area (Å²) in [5.41, 5.74) is 3.27. The minimum absolute atomic E-state index is 0.924. The molecule has 0 aliphatic heterocycles. The number of rotatable bonds is 1. The summed E-state index contributed by atoms with van der Waals surface area (Å²) >= 11 is 3.51. The Morgan fingerprint density at radius 3 is 2.50 bits per heavy atom. The van der Waals surface area contributed by atoms with Crippen molar-refractivity contribution in [1.82, 2.24) is 9.97 Å². The molecule has 0 saturated heterocycles. The fourth-order valence-corrected chi connectivity index (χ4v) is 1.80. The van der Waals surface area contributed by atoms with Gasteiger partial charge in [0.15, 0.2) is 0 Å². The Balaban J connectivity index is 2.55. The zero-order valence-electron chi connectivity index (χ0n) is 8.13. The molecule has 0 aliphatic rings. The molecule has 0 saturated carbocycles. The molecule has 14 heavy (non-hydrogen) atoms. The second kappa shape index (κ2) is 3.58. The molecule has 0 amide bonds. The van der Waals surface area contributed by atoms with Gasteiger partial charge in [-0.15, -0.1) is 0 Å². The second-order valence-electron chi connectivity index (χ2n) is 3.28. The van der Waals surface area contributed by atoms with Crippen LogP contribution in [0.2, 0.25) is 0 Å². The van der Waals surface area contributed by atoms with E-state index >= 15 is 0 Å². The standard InChI is InChI=1S/C11H11BrN2/c1-7-8(2)14-11(13-7)9-5-3-4-6-10(9)12/h3-6H,1-2H3,(H,13,14). The van der Waals surface area contributed by atoms with Crippen molar-refractivity contribution in [3.63, 3.8) is 0 Å². The van der Waals surface area contributed by atoms with Gasteiger partial charge in [-0.05, 0) is 19.9 Å². The number of nitrogens with zero attached hydrogens (tertiary/aromatic N) is 1. The average Bonchev–Trinajstić information content (AvgIpc) is 2.48. The molecule has 0 atom stereocenters. The normalized spacial score (nSPS) is 10.5. The zero-order valence-corrected chi connectivity index (χ0v) is 9.72. The first-order valence-corrected chi connectivity index (χ1v) is 5.26. The highest BCUT2D eigenvalue weighted by molar-refractivity contribution is 9.10. The van der Waals surface area contributed by atoms with E-state index in [2.05, 4.69) is 25.9 Å². The van der Waals surface area contributed by atoms with Crippen LogP contribution in [0.15, 0.2) is 28.7 Å². The van der Waals surface area contributed by atoms with Crippen LogP contribution in [0.5, 0.6) is 0 Å². The molecular weight excluding hydrogens is 240 g/mol. The first-order valence-electron chi connectivity index (χ1n) is 4.46. The highest BCUT2D eigenvalue weighted by atomic mass is 79.9. The van der Waals surface area contributed by atoms with Crippen molar-refractivity contribution in [2.45, 2.75) is 13.8 Å². The van der Waals surface area contributed by atoms with Crippen LogP contribution in [0.4, 0.5) is 0 Å². The predicted molar refractivity (Wildman–Crippen MR) is 61.2 cm³/mol. The molecule has 0 aliphatic carbocycles. The molecule has 72 valence electrons. The Morgan fingerprint density at radius 1 is 1.21 bits per heavy atom. The molecule has 2 aromatic rings. The van der Waals surface area contributed by atoms with Crippen LogP contribution < -0.4 is 0 Å². The van der Waals surface area contributed by atoms with E-state index in [1.165, 1.54) is 0 Å². The van der Waals surface area contributed by atoms with E-state index in [0.717, 1.165) is 27.2 Å². The molecule has 1 heterocycles. The molecule has 0 bridgehead atoms. The molecule has 0 fully saturated rings. The van der Waals surface area contributed by atoms with Crippen LogP contribution in [-0.4, -0.2) is 9.97 Å². The van der Waals surface area contributed by atoms with Gasteiger partial charge in [-0.2, -0.15) is 0 Å². The third-order valence-corrected chi connectivity index (χ3v) is 2.95. The second-order valence-corrected chi connectivity index (χ2v) is 4.13. The van der Waals surface area contributed by atoms with Gasteiger partial charge in [0, 0.05) is 15.7 Å². The number of H-pyrrole nitrogens is 1. The molecular formula is C11H11BrN2. The van der Waals surface area contributed by atoms with E-state index in [-0.39, 0.29) is 0 Å². The lowest BCUT2D eigenvalue weighted by atomic mass is 10.2. The summed E-state index contributed by atoms with van der Waals surface area (Å²) in [5.74, 6) is 0.924. The van der Waals surface area contributed by atoms with Crippen molar-refractivity contribution in [2.75, 3.05) is 0 Å². The summed E-state index contributed by atoms with van der Waals surface area (Å²) in [6.45, 7) is 4.04. The summed E-state index contributed by atoms with van der Waals surface area (Å²) in [6.07, 6.45) is 0. The first-order chi connectivity index (χ1) is 6.68. The van der Waals surface area contributed by atoms with Crippen LogP contribution in [0.1, 0.15) is 11.4 Å². The third-order valence-electron chi connectivity index (χ3n) is 2.26. The molecule has 1 aromatic heterocycles. The average molecular weight is 251 g/mol. The van der Waals surface area contributed by atoms with Crippen LogP contribution >= 0.6 is 15.9 Å². The van der Waals surface area contributed by atoms with Gasteiger partial charge in [-0.25, -0.2) is 4.98 Å². The van der Waals surface area contributed by atoms with E-state index in [1.807, 2.05) is 38.1 Å². The van der Waals surface area contributed by atoms with Gasteiger partial charge >= 0.3 is 0 Å². The Morgan fingerprint density at radius 2 is 1.93 bits per heavy atom. The van der Waals surface area contributed by atoms with E-state index in [9.17, 15) is 0 Å². The fraction of sp³-hybridized carbons (Fsp3) is 0.182. The van der Waals surface area contributed by atoms with Crippen LogP contribution in [0.25, 0.3) is 11.4 Å². The number of nitrogens with one attached hydrogen (secondary N) is 1. The van der Waals surface area contributed by atoms with Gasteiger partial charge in [-0.1, -0.05) is 34.1 Å². The summed E-state index contributed by atoms with van der Waals surface area (Å²) in [6, 6.07) is 8.06. The van der Waals surface area contributed by atoms with E-state index < -0.39 is 0 Å². The molecule has 0 radical (unpaired) electrons. The minimum Gasteiger partial charge on any atom is -0.342 e. The van der Waals surface area contributed by atoms with Gasteiger partial charge in [0.1, 0.15) is 5.82 Å². The molecule has 1 N–H and O–H groups in total. The number of benzene rings is 1. The minimum atomic E-state index is 0.924. The molecule has 0 spiro atoms. The van der Waals surface area contributed by atoms with Crippen LogP contribution in [0, 0.1) is 13.8 Å². The van der Waals surface area contributed by atoms with E-state index in [4.69, 9.17) is 0 Å². The quantitative estimate of drug-likeness (QED) is 0.826. The SMILES string of the molecule is Cc1nc(-c2ccccc2Br)[nH]c1C. The third kappa shape index (κ3) is 1.60. The summed E-state index contributed by atoms with van der Waals surface area (Å²) in [5, 5.41) is 0. The van der Waals surface area contributed by atoms with E-state index in [0.29, 0.717) is 0 Å². The van der Waals surface area contributed by atoms with E-state index in [1.54, 1.807) is 0 Å². The summed E-state index contributed by atoms with van der Waals surface area (Å²) in [4.78, 5) is 7.72. The van der Waals surface area contributed by atoms with Gasteiger partial charge in [0.05, 0.1) is 5.69 Å². The molecule has 0 unspecified atom stereocenters. The van der Waals surface area contributed by atoms with Crippen LogP contribution in [-0.2, 0) is 0 Å². The molecule has 1 aromatic carbocycles. The number of imidazole rings is 1. The maximum atomic E-state index is 4.46. The van der Waals surface area contributed by atoms with Crippen molar-refractivity contribution in [2.24, 2.45) is 0 Å². The summed E-state index contributed by atoms with van der Waals surface area (Å²) in [7, 11) is 0. The zero-order chi connectivity index (χ0) is 10.1. The maximum absolute atomic E-state index is 4.46. The highest BCUT2D eigenvalue weighted by Crippen LogP contribution is 2.26. The Kier molecular flexibility index (Phi) is 2.42. The first kappa shape index (κ1) is 9.46. The highest BCUT2D eigenvalue weighted by Gasteiger charge is 2.07. The molecule has 2 rings (SSSR count). The number of hydrogen-bond acceptors (Lipinski definition) is 1. The van der Waals surface area contributed by atoms with Crippen molar-refractivity contribution in [1.29, 1.82) is 0 Å². The Hall–Kier alpha value is -1.09. The van der Waals surface area contributed by atoms with Gasteiger partial charge < -0.3 is 4.98 Å². The van der Waals surface area contributed by atoms with Gasteiger partial charge in [-0.3, -0.25) is 0 Å². The number of aryl methyl sites for hydroxylation is 2. The monoisotopic (exact) mass is 250 g/mol. The lowest BCUT2D eigenvalue weighted by molar-refractivity contribution is 1.22.